The van der Waals surface area contributed by atoms with Gasteiger partial charge in [0, 0.05) is 39.6 Å². The van der Waals surface area contributed by atoms with E-state index in [1.54, 1.807) is 0 Å². The zero-order valence-corrected chi connectivity index (χ0v) is 10.4. The Labute approximate surface area is 100 Å². The van der Waals surface area contributed by atoms with Gasteiger partial charge in [-0.05, 0) is 12.1 Å². The van der Waals surface area contributed by atoms with Crippen LogP contribution in [0, 0.1) is 0 Å². The topological polar surface area (TPSA) is 52.6 Å². The molecule has 0 unspecified atom stereocenters. The number of carbonyl (C=O) groups excluding carboxylic acids is 2. The van der Waals surface area contributed by atoms with Crippen LogP contribution in [-0.4, -0.2) is 40.0 Å². The molecule has 2 amide bonds. The lowest BCUT2D eigenvalue weighted by Gasteiger charge is -2.20. The van der Waals surface area contributed by atoms with Crippen LogP contribution in [0.3, 0.4) is 0 Å². The molecule has 5 nitrogen and oxygen atoms in total. The summed E-state index contributed by atoms with van der Waals surface area (Å²) in [6.07, 6.45) is 0. The molecule has 1 aromatic carbocycles. The molecule has 2 rings (SSSR count). The molecular weight excluding hydrogens is 218 g/mol. The Hall–Kier alpha value is -2.04. The van der Waals surface area contributed by atoms with Crippen LogP contribution in [0.1, 0.15) is 20.7 Å². The Kier molecular flexibility index (Phi) is 2.53. The van der Waals surface area contributed by atoms with E-state index in [4.69, 9.17) is 0 Å². The van der Waals surface area contributed by atoms with E-state index in [2.05, 4.69) is 5.32 Å². The van der Waals surface area contributed by atoms with Crippen LogP contribution in [0.4, 0.5) is 11.4 Å². The van der Waals surface area contributed by atoms with Crippen LogP contribution in [0.25, 0.3) is 0 Å². The van der Waals surface area contributed by atoms with Crippen molar-refractivity contribution in [3.05, 3.63) is 23.3 Å². The van der Waals surface area contributed by atoms with Gasteiger partial charge in [0.1, 0.15) is 0 Å². The first-order chi connectivity index (χ1) is 7.93. The van der Waals surface area contributed by atoms with E-state index in [0.29, 0.717) is 11.1 Å². The fourth-order valence-electron chi connectivity index (χ4n) is 2.01. The molecule has 17 heavy (non-hydrogen) atoms. The van der Waals surface area contributed by atoms with Gasteiger partial charge in [-0.25, -0.2) is 0 Å². The van der Waals surface area contributed by atoms with Crippen molar-refractivity contribution in [3.8, 4) is 0 Å². The molecule has 1 aliphatic heterocycles. The van der Waals surface area contributed by atoms with E-state index in [1.165, 1.54) is 0 Å². The van der Waals surface area contributed by atoms with Crippen molar-refractivity contribution in [3.63, 3.8) is 0 Å². The minimum atomic E-state index is -0.322. The maximum absolute atomic E-state index is 11.8. The molecule has 0 aliphatic carbocycles. The maximum atomic E-state index is 11.8. The van der Waals surface area contributed by atoms with E-state index < -0.39 is 0 Å². The zero-order chi connectivity index (χ0) is 12.7. The predicted octanol–water partition coefficient (Wildman–Crippen LogP) is 0.702. The molecule has 0 aromatic heterocycles. The lowest BCUT2D eigenvalue weighted by molar-refractivity contribution is 0.0880. The molecule has 0 fully saturated rings. The average Bonchev–Trinajstić information content (AvgIpc) is 2.54. The Morgan fingerprint density at radius 2 is 1.18 bits per heavy atom. The van der Waals surface area contributed by atoms with Crippen molar-refractivity contribution >= 4 is 23.2 Å². The number of nitrogens with one attached hydrogen (secondary N) is 1. The number of carbonyl (C=O) groups is 2. The number of hydrogen-bond acceptors (Lipinski definition) is 4. The summed E-state index contributed by atoms with van der Waals surface area (Å²) >= 11 is 0. The first kappa shape index (κ1) is 11.4. The van der Waals surface area contributed by atoms with Crippen LogP contribution in [0.15, 0.2) is 12.1 Å². The number of nitrogens with zero attached hydrogens (tertiary/aromatic N) is 2. The van der Waals surface area contributed by atoms with Gasteiger partial charge in [0.25, 0.3) is 11.8 Å². The van der Waals surface area contributed by atoms with Gasteiger partial charge >= 0.3 is 0 Å². The van der Waals surface area contributed by atoms with E-state index in [1.807, 2.05) is 50.1 Å². The summed E-state index contributed by atoms with van der Waals surface area (Å²) in [6, 6.07) is 3.71. The standard InChI is InChI=1S/C12H15N3O2/c1-14(2)7-5-6-8(15(3)4)10-9(7)11(16)13-12(10)17/h5-6H,1-4H3,(H,13,16,17). The largest absolute Gasteiger partial charge is 0.377 e. The predicted molar refractivity (Wildman–Crippen MR) is 66.9 cm³/mol. The lowest BCUT2D eigenvalue weighted by atomic mass is 10.0. The molecule has 90 valence electrons. The highest BCUT2D eigenvalue weighted by molar-refractivity contribution is 6.26. The molecule has 1 aliphatic rings. The molecule has 0 atom stereocenters. The van der Waals surface area contributed by atoms with Crippen LogP contribution in [0.5, 0.6) is 0 Å². The van der Waals surface area contributed by atoms with Crippen molar-refractivity contribution < 1.29 is 9.59 Å². The number of benzene rings is 1. The monoisotopic (exact) mass is 233 g/mol. The minimum absolute atomic E-state index is 0.322. The Morgan fingerprint density at radius 3 is 1.47 bits per heavy atom. The third-order valence-corrected chi connectivity index (χ3v) is 2.81. The number of fused-ring (bicyclic) bond motifs is 1. The summed E-state index contributed by atoms with van der Waals surface area (Å²) in [4.78, 5) is 27.3. The number of anilines is 2. The van der Waals surface area contributed by atoms with Crippen molar-refractivity contribution in [2.75, 3.05) is 38.0 Å². The number of hydrogen-bond donors (Lipinski definition) is 1. The highest BCUT2D eigenvalue weighted by Crippen LogP contribution is 2.33. The smallest absolute Gasteiger partial charge is 0.261 e. The molecule has 0 saturated heterocycles. The van der Waals surface area contributed by atoms with E-state index in [9.17, 15) is 9.59 Å². The Balaban J connectivity index is 2.75. The number of imide groups is 1. The van der Waals surface area contributed by atoms with E-state index in [-0.39, 0.29) is 11.8 Å². The quantitative estimate of drug-likeness (QED) is 0.764. The van der Waals surface area contributed by atoms with Crippen molar-refractivity contribution in [1.82, 2.24) is 5.32 Å². The number of rotatable bonds is 2. The summed E-state index contributed by atoms with van der Waals surface area (Å²) in [5, 5.41) is 2.34. The van der Waals surface area contributed by atoms with Gasteiger partial charge < -0.3 is 9.80 Å². The fraction of sp³-hybridized carbons (Fsp3) is 0.333. The molecule has 0 saturated carbocycles. The van der Waals surface area contributed by atoms with Crippen molar-refractivity contribution in [2.24, 2.45) is 0 Å². The van der Waals surface area contributed by atoms with Crippen LogP contribution < -0.4 is 15.1 Å². The highest BCUT2D eigenvalue weighted by atomic mass is 16.2. The fourth-order valence-corrected chi connectivity index (χ4v) is 2.01. The Morgan fingerprint density at radius 1 is 0.824 bits per heavy atom. The van der Waals surface area contributed by atoms with Crippen LogP contribution >= 0.6 is 0 Å². The maximum Gasteiger partial charge on any atom is 0.261 e. The summed E-state index contributed by atoms with van der Waals surface area (Å²) in [5.41, 5.74) is 2.44. The molecule has 0 bridgehead atoms. The van der Waals surface area contributed by atoms with Crippen molar-refractivity contribution in [1.29, 1.82) is 0 Å². The van der Waals surface area contributed by atoms with E-state index >= 15 is 0 Å². The lowest BCUT2D eigenvalue weighted by Crippen LogP contribution is -2.21. The van der Waals surface area contributed by atoms with Crippen LogP contribution in [0.2, 0.25) is 0 Å². The third-order valence-electron chi connectivity index (χ3n) is 2.81. The molecule has 1 N–H and O–H groups in total. The van der Waals surface area contributed by atoms with Crippen molar-refractivity contribution in [2.45, 2.75) is 0 Å². The summed E-state index contributed by atoms with van der Waals surface area (Å²) in [5.74, 6) is -0.644. The number of amides is 2. The average molecular weight is 233 g/mol. The normalized spacial score (nSPS) is 13.4. The van der Waals surface area contributed by atoms with Gasteiger partial charge in [0.05, 0.1) is 11.1 Å². The molecular formula is C12H15N3O2. The van der Waals surface area contributed by atoms with Gasteiger partial charge in [0.15, 0.2) is 0 Å². The minimum Gasteiger partial charge on any atom is -0.377 e. The summed E-state index contributed by atoms with van der Waals surface area (Å²) in [6.45, 7) is 0. The molecule has 1 aromatic rings. The first-order valence-electron chi connectivity index (χ1n) is 5.30. The van der Waals surface area contributed by atoms with Gasteiger partial charge in [-0.15, -0.1) is 0 Å². The van der Waals surface area contributed by atoms with Gasteiger partial charge in [0.2, 0.25) is 0 Å². The summed E-state index contributed by atoms with van der Waals surface area (Å²) in [7, 11) is 7.39. The van der Waals surface area contributed by atoms with Gasteiger partial charge in [-0.2, -0.15) is 0 Å². The second-order valence-electron chi connectivity index (χ2n) is 4.43. The molecule has 0 radical (unpaired) electrons. The van der Waals surface area contributed by atoms with Crippen LogP contribution in [-0.2, 0) is 0 Å². The second kappa shape index (κ2) is 3.76. The summed E-state index contributed by atoms with van der Waals surface area (Å²) < 4.78 is 0. The van der Waals surface area contributed by atoms with Gasteiger partial charge in [-0.1, -0.05) is 0 Å². The molecule has 0 spiro atoms. The van der Waals surface area contributed by atoms with E-state index in [0.717, 1.165) is 11.4 Å². The zero-order valence-electron chi connectivity index (χ0n) is 10.4. The first-order valence-corrected chi connectivity index (χ1v) is 5.30. The Bertz CT molecular complexity index is 462. The second-order valence-corrected chi connectivity index (χ2v) is 4.43. The molecule has 5 heteroatoms. The van der Waals surface area contributed by atoms with Gasteiger partial charge in [-0.3, -0.25) is 14.9 Å². The third kappa shape index (κ3) is 1.63. The SMILES string of the molecule is CN(C)c1ccc(N(C)C)c2c1C(=O)NC2=O. The molecule has 1 heterocycles. The highest BCUT2D eigenvalue weighted by Gasteiger charge is 2.33.